The van der Waals surface area contributed by atoms with Crippen LogP contribution in [0.25, 0.3) is 0 Å². The maximum Gasteiger partial charge on any atom is 0.124 e. The fraction of sp³-hybridized carbons (Fsp3) is 0.900. The molecule has 0 atom stereocenters. The highest BCUT2D eigenvalue weighted by Gasteiger charge is 2.37. The van der Waals surface area contributed by atoms with E-state index in [2.05, 4.69) is 83.1 Å². The van der Waals surface area contributed by atoms with Gasteiger partial charge >= 0.3 is 0 Å². The topological polar surface area (TPSA) is 137 Å². The molecule has 7 nitrogen and oxygen atoms in total. The van der Waals surface area contributed by atoms with Crippen molar-refractivity contribution in [2.45, 2.75) is 396 Å². The average Bonchev–Trinajstić information content (AvgIpc) is 1.16. The quantitative estimate of drug-likeness (QED) is 0.0360. The highest BCUT2D eigenvalue weighted by molar-refractivity contribution is 7.85. The summed E-state index contributed by atoms with van der Waals surface area (Å²) in [7, 11) is -6.81. The molecule has 11 heteroatoms. The molecule has 0 aliphatic heterocycles. The number of aromatic carboxylic acids is 2. The van der Waals surface area contributed by atoms with E-state index in [1.807, 2.05) is 0 Å². The van der Waals surface area contributed by atoms with E-state index in [1.165, 1.54) is 289 Å². The molecule has 1 rings (SSSR count). The van der Waals surface area contributed by atoms with Crippen molar-refractivity contribution in [1.82, 2.24) is 0 Å². The van der Waals surface area contributed by atoms with Gasteiger partial charge in [-0.3, -0.25) is 0 Å². The minimum Gasteiger partial charge on any atom is -0.744 e. The summed E-state index contributed by atoms with van der Waals surface area (Å²) in [5, 5.41) is 20.9. The maximum atomic E-state index is 10.6. The number of carbonyl (C=O) groups is 2. The first-order valence-corrected chi connectivity index (χ1v) is 49.0. The fourth-order valence-electron chi connectivity index (χ4n) is 13.2. The van der Waals surface area contributed by atoms with Crippen LogP contribution >= 0.6 is 21.8 Å². The average molecular weight is 1360 g/mol. The Kier molecular flexibility index (Phi) is 70.6. The summed E-state index contributed by atoms with van der Waals surface area (Å²) in [5.74, 6) is -3.60. The third kappa shape index (κ3) is 57.0. The Bertz CT molecular complexity index is 1600. The summed E-state index contributed by atoms with van der Waals surface area (Å²) < 4.78 is 31.8. The summed E-state index contributed by atoms with van der Waals surface area (Å²) in [4.78, 5) is 19.9. The number of rotatable bonds is 63. The predicted molar refractivity (Wildman–Crippen MR) is 412 cm³/mol. The molecule has 0 aromatic heterocycles. The lowest BCUT2D eigenvalue weighted by atomic mass is 10.1. The van der Waals surface area contributed by atoms with Crippen LogP contribution in [0, 0.1) is 0 Å². The van der Waals surface area contributed by atoms with Crippen LogP contribution in [0.1, 0.15) is 412 Å². The van der Waals surface area contributed by atoms with Gasteiger partial charge in [-0.05, 0) is 126 Å². The summed E-state index contributed by atoms with van der Waals surface area (Å²) in [6.07, 6.45) is 89.9. The zero-order chi connectivity index (χ0) is 68.4. The van der Waals surface area contributed by atoms with Gasteiger partial charge < -0.3 is 24.4 Å². The van der Waals surface area contributed by atoms with Crippen LogP contribution < -0.4 is 10.2 Å². The number of benzene rings is 1. The Hall–Kier alpha value is -0.640. The molecule has 0 saturated carbocycles. The Morgan fingerprint density at radius 1 is 0.253 bits per heavy atom. The van der Waals surface area contributed by atoms with Crippen LogP contribution in [-0.4, -0.2) is 98.9 Å². The Labute approximate surface area is 572 Å². The number of carboxylic acids is 2. The van der Waals surface area contributed by atoms with E-state index in [-0.39, 0.29) is 0 Å². The van der Waals surface area contributed by atoms with Crippen molar-refractivity contribution in [3.05, 3.63) is 29.3 Å². The second-order valence-corrected chi connectivity index (χ2v) is 43.0. The largest absolute Gasteiger partial charge is 0.744 e. The van der Waals surface area contributed by atoms with Crippen LogP contribution in [0.5, 0.6) is 0 Å². The van der Waals surface area contributed by atoms with Crippen molar-refractivity contribution in [2.24, 2.45) is 0 Å². The van der Waals surface area contributed by atoms with Crippen LogP contribution in [-0.2, 0) is 10.1 Å². The molecule has 0 saturated heterocycles. The van der Waals surface area contributed by atoms with Crippen molar-refractivity contribution in [3.63, 3.8) is 0 Å². The second kappa shape index (κ2) is 67.9. The lowest BCUT2D eigenvalue weighted by molar-refractivity contribution is -0.255. The molecule has 0 aliphatic rings. The summed E-state index contributed by atoms with van der Waals surface area (Å²) in [5.41, 5.74) is -1.45. The molecule has 0 unspecified atom stereocenters. The van der Waals surface area contributed by atoms with Gasteiger partial charge in [0.1, 0.15) is 10.1 Å². The van der Waals surface area contributed by atoms with Crippen LogP contribution in [0.4, 0.5) is 0 Å². The van der Waals surface area contributed by atoms with Gasteiger partial charge in [0.2, 0.25) is 0 Å². The molecule has 91 heavy (non-hydrogen) atoms. The van der Waals surface area contributed by atoms with Crippen molar-refractivity contribution in [1.29, 1.82) is 0 Å². The van der Waals surface area contributed by atoms with E-state index >= 15 is 0 Å². The van der Waals surface area contributed by atoms with Gasteiger partial charge in [-0.1, -0.05) is 295 Å². The molecule has 0 heterocycles. The molecule has 0 bridgehead atoms. The van der Waals surface area contributed by atoms with Gasteiger partial charge in [0.25, 0.3) is 0 Å². The van der Waals surface area contributed by atoms with Gasteiger partial charge in [0.15, 0.2) is 0 Å². The number of unbranched alkanes of at least 4 members (excludes halogenated alkanes) is 36. The third-order valence-corrected chi connectivity index (χ3v) is 35.5. The van der Waals surface area contributed by atoms with E-state index in [9.17, 15) is 32.8 Å². The minimum absolute atomic E-state index is 0.518. The van der Waals surface area contributed by atoms with E-state index in [0.29, 0.717) is 18.2 Å². The van der Waals surface area contributed by atoms with Gasteiger partial charge in [-0.2, -0.15) is 0 Å². The Balaban J connectivity index is -0.00000115. The van der Waals surface area contributed by atoms with E-state index in [1.54, 1.807) is 93.2 Å². The summed E-state index contributed by atoms with van der Waals surface area (Å²) in [6.45, 7) is 28.4. The Morgan fingerprint density at radius 2 is 0.396 bits per heavy atom. The molecule has 0 fully saturated rings. The number of hydrogen-bond donors (Lipinski definition) is 0. The molecule has 0 amide bonds. The predicted octanol–water partition coefficient (Wildman–Crippen LogP) is 25.3. The van der Waals surface area contributed by atoms with Crippen molar-refractivity contribution < 1.29 is 32.8 Å². The van der Waals surface area contributed by atoms with Gasteiger partial charge in [0, 0.05) is 21.8 Å². The first-order valence-electron chi connectivity index (χ1n) is 40.0. The SMILES string of the molecule is CCCCCCCCCCCC[P+](CCCC)(CCCC)CCCC.CCCCCCCCCCCC[P+](CCCC)(CCCC)CCCC.CCCCCCCCCCCC[P+](CCCC)(CCCC)CCCC.O=C([O-])c1cc(C(=O)[O-])cc(S(=O)(=O)[O-])c1. The normalized spacial score (nSPS) is 11.8. The zero-order valence-corrected chi connectivity index (χ0v) is 66.8. The fourth-order valence-corrected chi connectivity index (χ4v) is 29.4. The van der Waals surface area contributed by atoms with E-state index in [4.69, 9.17) is 0 Å². The molecular formula is C80H159O7P3S. The standard InChI is InChI=1S/3C24H52P.C8H6O7S/c3*1-5-9-13-14-15-16-17-18-19-20-24-25(21-10-6-2,22-11-7-3)23-12-8-4;9-7(10)4-1-5(8(11)12)3-6(2-4)16(13,14)15/h3*5-24H2,1-4H3;1-3H,(H,9,10)(H,11,12)(H,13,14,15)/q3*+1;/p-3. The molecule has 1 aromatic carbocycles. The number of carboxylic acid groups (broad SMARTS) is 2. The van der Waals surface area contributed by atoms with Crippen LogP contribution in [0.15, 0.2) is 23.1 Å². The molecule has 542 valence electrons. The molecule has 0 N–H and O–H groups in total. The first-order chi connectivity index (χ1) is 43.9. The maximum absolute atomic E-state index is 10.6. The zero-order valence-electron chi connectivity index (χ0n) is 63.3. The van der Waals surface area contributed by atoms with Crippen LogP contribution in [0.3, 0.4) is 0 Å². The highest BCUT2D eigenvalue weighted by Crippen LogP contribution is 2.63. The molecule has 0 spiro atoms. The minimum atomic E-state index is -4.95. The molecular weight excluding hydrogens is 1200 g/mol. The molecule has 1 aromatic rings. The smallest absolute Gasteiger partial charge is 0.124 e. The Morgan fingerprint density at radius 3 is 0.538 bits per heavy atom. The highest BCUT2D eigenvalue weighted by atomic mass is 32.2. The lowest BCUT2D eigenvalue weighted by Crippen LogP contribution is -2.26. The summed E-state index contributed by atoms with van der Waals surface area (Å²) >= 11 is 0. The van der Waals surface area contributed by atoms with Crippen molar-refractivity contribution in [3.8, 4) is 0 Å². The lowest BCUT2D eigenvalue weighted by Gasteiger charge is -2.28. The number of hydrogen-bond acceptors (Lipinski definition) is 7. The van der Waals surface area contributed by atoms with Crippen molar-refractivity contribution >= 4 is 43.8 Å². The van der Waals surface area contributed by atoms with Crippen LogP contribution in [0.2, 0.25) is 0 Å². The second-order valence-electron chi connectivity index (χ2n) is 28.2. The van der Waals surface area contributed by atoms with Gasteiger partial charge in [-0.15, -0.1) is 0 Å². The van der Waals surface area contributed by atoms with Gasteiger partial charge in [-0.25, -0.2) is 8.42 Å². The number of carbonyl (C=O) groups excluding carboxylic acids is 2. The van der Waals surface area contributed by atoms with Gasteiger partial charge in [0.05, 0.1) is 90.8 Å². The summed E-state index contributed by atoms with van der Waals surface area (Å²) in [6, 6.07) is 1.67. The molecule has 0 radical (unpaired) electrons. The molecule has 0 aliphatic carbocycles. The first kappa shape index (κ1) is 94.5. The van der Waals surface area contributed by atoms with E-state index in [0.717, 1.165) is 0 Å². The van der Waals surface area contributed by atoms with Crippen molar-refractivity contribution in [2.75, 3.05) is 73.9 Å². The van der Waals surface area contributed by atoms with E-state index < -0.39 is 59.9 Å². The monoisotopic (exact) mass is 1360 g/mol. The third-order valence-electron chi connectivity index (χ3n) is 19.5.